The molecule has 2 unspecified atom stereocenters. The monoisotopic (exact) mass is 371 g/mol. The summed E-state index contributed by atoms with van der Waals surface area (Å²) in [5.41, 5.74) is 8.69. The normalized spacial score (nSPS) is 21.8. The number of fused-ring (bicyclic) bond motifs is 1. The lowest BCUT2D eigenvalue weighted by atomic mass is 9.85. The molecule has 3 N–H and O–H groups in total. The van der Waals surface area contributed by atoms with Crippen molar-refractivity contribution in [2.75, 3.05) is 18.5 Å². The first-order valence-corrected chi connectivity index (χ1v) is 10.2. The van der Waals surface area contributed by atoms with Crippen molar-refractivity contribution >= 4 is 22.4 Å². The largest absolute Gasteiger partial charge is 0.381 e. The van der Waals surface area contributed by atoms with E-state index < -0.39 is 6.04 Å². The van der Waals surface area contributed by atoms with Crippen LogP contribution in [0.3, 0.4) is 0 Å². The number of anilines is 1. The molecular formula is C20H25N3O2S. The number of hydrogen-bond donors (Lipinski definition) is 2. The molecule has 1 amide bonds. The van der Waals surface area contributed by atoms with Gasteiger partial charge < -0.3 is 15.8 Å². The molecule has 1 saturated heterocycles. The van der Waals surface area contributed by atoms with Gasteiger partial charge in [-0.25, -0.2) is 4.98 Å². The Morgan fingerprint density at radius 3 is 2.77 bits per heavy atom. The van der Waals surface area contributed by atoms with Crippen LogP contribution in [0, 0.1) is 5.92 Å². The first-order valence-electron chi connectivity index (χ1n) is 9.38. The first-order chi connectivity index (χ1) is 12.7. The average molecular weight is 372 g/mol. The van der Waals surface area contributed by atoms with Crippen LogP contribution in [0.25, 0.3) is 0 Å². The Bertz CT molecular complexity index is 756. The van der Waals surface area contributed by atoms with Crippen LogP contribution in [0.5, 0.6) is 0 Å². The molecule has 1 fully saturated rings. The van der Waals surface area contributed by atoms with E-state index in [1.54, 1.807) is 11.3 Å². The predicted molar refractivity (Wildman–Crippen MR) is 103 cm³/mol. The highest BCUT2D eigenvalue weighted by atomic mass is 32.1. The van der Waals surface area contributed by atoms with Crippen molar-refractivity contribution in [1.29, 1.82) is 0 Å². The molecule has 26 heavy (non-hydrogen) atoms. The number of aryl methyl sites for hydroxylation is 1. The third kappa shape index (κ3) is 3.82. The summed E-state index contributed by atoms with van der Waals surface area (Å²) >= 11 is 1.60. The lowest BCUT2D eigenvalue weighted by Gasteiger charge is -2.26. The van der Waals surface area contributed by atoms with Crippen molar-refractivity contribution in [3.8, 4) is 0 Å². The van der Waals surface area contributed by atoms with E-state index in [-0.39, 0.29) is 11.8 Å². The Labute approximate surface area is 158 Å². The van der Waals surface area contributed by atoms with Crippen LogP contribution in [0.15, 0.2) is 30.3 Å². The second kappa shape index (κ2) is 7.86. The molecule has 1 aliphatic heterocycles. The third-order valence-corrected chi connectivity index (χ3v) is 6.55. The maximum atomic E-state index is 12.5. The number of rotatable bonds is 4. The first kappa shape index (κ1) is 17.6. The molecule has 0 bridgehead atoms. The fourth-order valence-corrected chi connectivity index (χ4v) is 5.01. The van der Waals surface area contributed by atoms with Crippen LogP contribution in [0.4, 0.5) is 5.13 Å². The van der Waals surface area contributed by atoms with Gasteiger partial charge in [0, 0.05) is 18.1 Å². The van der Waals surface area contributed by atoms with Gasteiger partial charge in [-0.15, -0.1) is 11.3 Å². The summed E-state index contributed by atoms with van der Waals surface area (Å²) in [7, 11) is 0. The number of nitrogens with two attached hydrogens (primary N) is 1. The summed E-state index contributed by atoms with van der Waals surface area (Å²) in [4.78, 5) is 18.4. The van der Waals surface area contributed by atoms with Gasteiger partial charge in [0.2, 0.25) is 5.91 Å². The van der Waals surface area contributed by atoms with Gasteiger partial charge >= 0.3 is 0 Å². The van der Waals surface area contributed by atoms with Crippen LogP contribution in [-0.2, 0) is 22.4 Å². The summed E-state index contributed by atoms with van der Waals surface area (Å²) < 4.78 is 5.35. The van der Waals surface area contributed by atoms with E-state index in [0.29, 0.717) is 24.3 Å². The SMILES string of the molecule is NC(C(=O)Nc1nc2c(s1)CC(c1ccccc1)CC2)C1CCOCC1. The van der Waals surface area contributed by atoms with Crippen LogP contribution >= 0.6 is 11.3 Å². The second-order valence-corrected chi connectivity index (χ2v) is 8.29. The number of nitrogens with one attached hydrogen (secondary N) is 1. The lowest BCUT2D eigenvalue weighted by molar-refractivity contribution is -0.119. The molecule has 1 aromatic carbocycles. The molecule has 2 atom stereocenters. The summed E-state index contributed by atoms with van der Waals surface area (Å²) in [5, 5.41) is 3.64. The minimum absolute atomic E-state index is 0.123. The fourth-order valence-electron chi connectivity index (χ4n) is 3.92. The molecule has 0 radical (unpaired) electrons. The number of nitrogens with zero attached hydrogens (tertiary/aromatic N) is 1. The summed E-state index contributed by atoms with van der Waals surface area (Å²) in [6, 6.07) is 10.2. The van der Waals surface area contributed by atoms with Crippen LogP contribution in [0.2, 0.25) is 0 Å². The van der Waals surface area contributed by atoms with Crippen molar-refractivity contribution in [3.05, 3.63) is 46.5 Å². The molecule has 1 aromatic heterocycles. The number of thiazole rings is 1. The van der Waals surface area contributed by atoms with E-state index in [4.69, 9.17) is 10.5 Å². The van der Waals surface area contributed by atoms with E-state index >= 15 is 0 Å². The van der Waals surface area contributed by atoms with Gasteiger partial charge in [0.15, 0.2) is 5.13 Å². The van der Waals surface area contributed by atoms with Crippen molar-refractivity contribution < 1.29 is 9.53 Å². The van der Waals surface area contributed by atoms with Crippen LogP contribution < -0.4 is 11.1 Å². The topological polar surface area (TPSA) is 77.2 Å². The van der Waals surface area contributed by atoms with Crippen molar-refractivity contribution in [3.63, 3.8) is 0 Å². The second-order valence-electron chi connectivity index (χ2n) is 7.20. The molecule has 2 aliphatic rings. The highest BCUT2D eigenvalue weighted by molar-refractivity contribution is 7.15. The minimum atomic E-state index is -0.489. The van der Waals surface area contributed by atoms with Gasteiger partial charge in [-0.2, -0.15) is 0 Å². The molecule has 6 heteroatoms. The van der Waals surface area contributed by atoms with E-state index in [0.717, 1.165) is 37.8 Å². The Morgan fingerprint density at radius 1 is 1.23 bits per heavy atom. The number of ether oxygens (including phenoxy) is 1. The molecule has 2 aromatic rings. The van der Waals surface area contributed by atoms with Gasteiger partial charge in [-0.1, -0.05) is 30.3 Å². The maximum absolute atomic E-state index is 12.5. The highest BCUT2D eigenvalue weighted by Crippen LogP contribution is 2.37. The van der Waals surface area contributed by atoms with Gasteiger partial charge in [0.05, 0.1) is 11.7 Å². The highest BCUT2D eigenvalue weighted by Gasteiger charge is 2.28. The zero-order chi connectivity index (χ0) is 17.9. The van der Waals surface area contributed by atoms with E-state index in [1.807, 2.05) is 0 Å². The molecule has 1 aliphatic carbocycles. The zero-order valence-corrected chi connectivity index (χ0v) is 15.6. The molecule has 5 nitrogen and oxygen atoms in total. The van der Waals surface area contributed by atoms with Crippen molar-refractivity contribution in [2.45, 2.75) is 44.1 Å². The van der Waals surface area contributed by atoms with Crippen LogP contribution in [0.1, 0.15) is 41.3 Å². The fraction of sp³-hybridized carbons (Fsp3) is 0.500. The van der Waals surface area contributed by atoms with Gasteiger partial charge in [0.25, 0.3) is 0 Å². The van der Waals surface area contributed by atoms with Crippen molar-refractivity contribution in [2.24, 2.45) is 11.7 Å². The molecule has 2 heterocycles. The third-order valence-electron chi connectivity index (χ3n) is 5.52. The molecule has 0 spiro atoms. The van der Waals surface area contributed by atoms with Gasteiger partial charge in [-0.05, 0) is 49.5 Å². The number of hydrogen-bond acceptors (Lipinski definition) is 5. The Balaban J connectivity index is 1.40. The molecule has 4 rings (SSSR count). The summed E-state index contributed by atoms with van der Waals surface area (Å²) in [5.74, 6) is 0.612. The van der Waals surface area contributed by atoms with Crippen LogP contribution in [-0.4, -0.2) is 30.1 Å². The molecule has 0 saturated carbocycles. The van der Waals surface area contributed by atoms with E-state index in [1.165, 1.54) is 10.4 Å². The molecule has 138 valence electrons. The number of carbonyl (C=O) groups is 1. The number of amides is 1. The minimum Gasteiger partial charge on any atom is -0.381 e. The Morgan fingerprint density at radius 2 is 2.00 bits per heavy atom. The van der Waals surface area contributed by atoms with Crippen molar-refractivity contribution in [1.82, 2.24) is 4.98 Å². The quantitative estimate of drug-likeness (QED) is 0.866. The molecular weight excluding hydrogens is 346 g/mol. The lowest BCUT2D eigenvalue weighted by Crippen LogP contribution is -2.43. The average Bonchev–Trinajstić information content (AvgIpc) is 3.10. The zero-order valence-electron chi connectivity index (χ0n) is 14.8. The number of aromatic nitrogens is 1. The predicted octanol–water partition coefficient (Wildman–Crippen LogP) is 3.11. The maximum Gasteiger partial charge on any atom is 0.243 e. The summed E-state index contributed by atoms with van der Waals surface area (Å²) in [6.45, 7) is 1.39. The van der Waals surface area contributed by atoms with E-state index in [2.05, 4.69) is 40.6 Å². The Hall–Kier alpha value is -1.76. The van der Waals surface area contributed by atoms with Gasteiger partial charge in [-0.3, -0.25) is 4.79 Å². The smallest absolute Gasteiger partial charge is 0.243 e. The number of carbonyl (C=O) groups excluding carboxylic acids is 1. The standard InChI is InChI=1S/C20H25N3O2S/c21-18(14-8-10-25-11-9-14)19(24)23-20-22-16-7-6-15(12-17(16)26-20)13-4-2-1-3-5-13/h1-5,14-15,18H,6-12,21H2,(H,22,23,24). The number of benzene rings is 1. The summed E-state index contributed by atoms with van der Waals surface area (Å²) in [6.07, 6.45) is 4.77. The van der Waals surface area contributed by atoms with E-state index in [9.17, 15) is 4.79 Å². The Kier molecular flexibility index (Phi) is 5.33. The van der Waals surface area contributed by atoms with Gasteiger partial charge in [0.1, 0.15) is 0 Å².